The summed E-state index contributed by atoms with van der Waals surface area (Å²) in [7, 11) is 0. The Hall–Kier alpha value is -2.64. The number of benzene rings is 1. The lowest BCUT2D eigenvalue weighted by Crippen LogP contribution is -2.53. The largest absolute Gasteiger partial charge is 0.444 e. The van der Waals surface area contributed by atoms with E-state index in [-0.39, 0.29) is 24.7 Å². The second-order valence-electron chi connectivity index (χ2n) is 6.22. The van der Waals surface area contributed by atoms with Crippen molar-refractivity contribution in [3.05, 3.63) is 34.4 Å². The molecule has 0 aliphatic carbocycles. The topological polar surface area (TPSA) is 93.0 Å². The maximum atomic E-state index is 12.3. The van der Waals surface area contributed by atoms with Crippen LogP contribution in [0.1, 0.15) is 20.8 Å². The minimum atomic E-state index is -0.628. The van der Waals surface area contributed by atoms with Gasteiger partial charge in [0.25, 0.3) is 5.69 Å². The molecule has 23 heavy (non-hydrogen) atoms. The summed E-state index contributed by atoms with van der Waals surface area (Å²) >= 11 is 0. The zero-order valence-corrected chi connectivity index (χ0v) is 13.3. The summed E-state index contributed by atoms with van der Waals surface area (Å²) in [5.74, 6) is -0.303. The van der Waals surface area contributed by atoms with Crippen LogP contribution in [0.3, 0.4) is 0 Å². The number of nitrogens with zero attached hydrogens (tertiary/aromatic N) is 3. The lowest BCUT2D eigenvalue weighted by Gasteiger charge is -2.35. The highest BCUT2D eigenvalue weighted by Gasteiger charge is 2.31. The van der Waals surface area contributed by atoms with Crippen molar-refractivity contribution >= 4 is 23.4 Å². The Labute approximate surface area is 133 Å². The van der Waals surface area contributed by atoms with Gasteiger partial charge >= 0.3 is 6.09 Å². The molecule has 2 amide bonds. The van der Waals surface area contributed by atoms with E-state index in [1.807, 2.05) is 0 Å². The predicted molar refractivity (Wildman–Crippen MR) is 83.3 cm³/mol. The van der Waals surface area contributed by atoms with Crippen LogP contribution in [0.5, 0.6) is 0 Å². The molecule has 8 nitrogen and oxygen atoms in total. The molecular formula is C15H19N3O5. The molecule has 1 aliphatic rings. The fourth-order valence-corrected chi connectivity index (χ4v) is 2.20. The maximum Gasteiger partial charge on any atom is 0.410 e. The number of nitro benzene ring substituents is 1. The van der Waals surface area contributed by atoms with Gasteiger partial charge in [0, 0.05) is 25.2 Å². The van der Waals surface area contributed by atoms with Crippen molar-refractivity contribution in [3.63, 3.8) is 0 Å². The fourth-order valence-electron chi connectivity index (χ4n) is 2.20. The molecule has 0 atom stereocenters. The third-order valence-electron chi connectivity index (χ3n) is 3.22. The Balaban J connectivity index is 2.07. The van der Waals surface area contributed by atoms with E-state index in [4.69, 9.17) is 4.74 Å². The number of hydrogen-bond acceptors (Lipinski definition) is 5. The van der Waals surface area contributed by atoms with Crippen LogP contribution in [-0.4, -0.2) is 47.1 Å². The summed E-state index contributed by atoms with van der Waals surface area (Å²) in [5.41, 5.74) is -0.255. The molecular weight excluding hydrogens is 302 g/mol. The average Bonchev–Trinajstić information content (AvgIpc) is 2.45. The Kier molecular flexibility index (Phi) is 4.53. The first kappa shape index (κ1) is 16.7. The number of amides is 2. The molecule has 1 aromatic carbocycles. The van der Waals surface area contributed by atoms with Crippen molar-refractivity contribution in [2.45, 2.75) is 26.4 Å². The van der Waals surface area contributed by atoms with Crippen LogP contribution in [-0.2, 0) is 9.53 Å². The molecule has 0 unspecified atom stereocenters. The van der Waals surface area contributed by atoms with Crippen LogP contribution in [0, 0.1) is 10.1 Å². The number of nitro groups is 1. The van der Waals surface area contributed by atoms with Crippen molar-refractivity contribution in [3.8, 4) is 0 Å². The van der Waals surface area contributed by atoms with Gasteiger partial charge < -0.3 is 9.64 Å². The van der Waals surface area contributed by atoms with E-state index in [9.17, 15) is 19.7 Å². The third-order valence-corrected chi connectivity index (χ3v) is 3.22. The first-order valence-electron chi connectivity index (χ1n) is 7.20. The molecule has 1 aliphatic heterocycles. The fraction of sp³-hybridized carbons (Fsp3) is 0.467. The summed E-state index contributed by atoms with van der Waals surface area (Å²) in [5, 5.41) is 10.8. The minimum Gasteiger partial charge on any atom is -0.444 e. The van der Waals surface area contributed by atoms with Crippen molar-refractivity contribution in [2.75, 3.05) is 24.5 Å². The molecule has 1 saturated heterocycles. The van der Waals surface area contributed by atoms with Gasteiger partial charge in [0.2, 0.25) is 5.91 Å². The molecule has 2 rings (SSSR count). The van der Waals surface area contributed by atoms with E-state index >= 15 is 0 Å². The van der Waals surface area contributed by atoms with Gasteiger partial charge in [-0.2, -0.15) is 0 Å². The van der Waals surface area contributed by atoms with Crippen LogP contribution >= 0.6 is 0 Å². The van der Waals surface area contributed by atoms with Crippen molar-refractivity contribution in [1.29, 1.82) is 0 Å². The van der Waals surface area contributed by atoms with Crippen molar-refractivity contribution in [1.82, 2.24) is 4.90 Å². The molecule has 0 radical (unpaired) electrons. The van der Waals surface area contributed by atoms with Gasteiger partial charge in [-0.15, -0.1) is 0 Å². The average molecular weight is 321 g/mol. The Morgan fingerprint density at radius 2 is 2.00 bits per heavy atom. The van der Waals surface area contributed by atoms with Crippen LogP contribution in [0.15, 0.2) is 24.3 Å². The van der Waals surface area contributed by atoms with Crippen molar-refractivity contribution < 1.29 is 19.2 Å². The van der Waals surface area contributed by atoms with Gasteiger partial charge in [0.1, 0.15) is 12.1 Å². The van der Waals surface area contributed by atoms with Crippen molar-refractivity contribution in [2.24, 2.45) is 0 Å². The van der Waals surface area contributed by atoms with Gasteiger partial charge in [-0.1, -0.05) is 6.07 Å². The van der Waals surface area contributed by atoms with E-state index in [1.165, 1.54) is 28.0 Å². The Morgan fingerprint density at radius 1 is 1.30 bits per heavy atom. The molecule has 0 spiro atoms. The molecule has 0 aromatic heterocycles. The number of piperazine rings is 1. The van der Waals surface area contributed by atoms with E-state index in [2.05, 4.69) is 0 Å². The van der Waals surface area contributed by atoms with E-state index in [0.717, 1.165) is 0 Å². The van der Waals surface area contributed by atoms with Crippen LogP contribution in [0.2, 0.25) is 0 Å². The number of carbonyl (C=O) groups is 2. The molecule has 1 fully saturated rings. The lowest BCUT2D eigenvalue weighted by molar-refractivity contribution is -0.384. The second-order valence-corrected chi connectivity index (χ2v) is 6.22. The highest BCUT2D eigenvalue weighted by molar-refractivity contribution is 5.97. The SMILES string of the molecule is CC(C)(C)OC(=O)N1CCN(c2cccc([N+](=O)[O-])c2)C(=O)C1. The Bertz CT molecular complexity index is 638. The molecule has 8 heteroatoms. The van der Waals surface area contributed by atoms with Gasteiger partial charge in [-0.05, 0) is 26.8 Å². The van der Waals surface area contributed by atoms with E-state index < -0.39 is 16.6 Å². The highest BCUT2D eigenvalue weighted by atomic mass is 16.6. The van der Waals surface area contributed by atoms with Gasteiger partial charge in [0.15, 0.2) is 0 Å². The van der Waals surface area contributed by atoms with E-state index in [1.54, 1.807) is 26.8 Å². The van der Waals surface area contributed by atoms with Crippen LogP contribution in [0.4, 0.5) is 16.2 Å². The predicted octanol–water partition coefficient (Wildman–Crippen LogP) is 2.18. The first-order chi connectivity index (χ1) is 10.7. The first-order valence-corrected chi connectivity index (χ1v) is 7.20. The quantitative estimate of drug-likeness (QED) is 0.615. The number of ether oxygens (including phenoxy) is 1. The number of rotatable bonds is 2. The molecule has 1 heterocycles. The third kappa shape index (κ3) is 4.18. The summed E-state index contributed by atoms with van der Waals surface area (Å²) in [6.45, 7) is 5.73. The normalized spacial score (nSPS) is 15.5. The summed E-state index contributed by atoms with van der Waals surface area (Å²) < 4.78 is 5.24. The lowest BCUT2D eigenvalue weighted by atomic mass is 10.2. The number of hydrogen-bond donors (Lipinski definition) is 0. The zero-order valence-electron chi connectivity index (χ0n) is 13.3. The number of carbonyl (C=O) groups excluding carboxylic acids is 2. The van der Waals surface area contributed by atoms with Crippen LogP contribution in [0.25, 0.3) is 0 Å². The minimum absolute atomic E-state index is 0.0788. The molecule has 0 saturated carbocycles. The van der Waals surface area contributed by atoms with Gasteiger partial charge in [-0.3, -0.25) is 19.8 Å². The Morgan fingerprint density at radius 3 is 2.57 bits per heavy atom. The molecule has 1 aromatic rings. The summed E-state index contributed by atoms with van der Waals surface area (Å²) in [6, 6.07) is 5.88. The second kappa shape index (κ2) is 6.23. The monoisotopic (exact) mass is 321 g/mol. The molecule has 0 N–H and O–H groups in total. The summed E-state index contributed by atoms with van der Waals surface area (Å²) in [4.78, 5) is 37.3. The summed E-state index contributed by atoms with van der Waals surface area (Å²) in [6.07, 6.45) is -0.537. The standard InChI is InChI=1S/C15H19N3O5/c1-15(2,3)23-14(20)16-7-8-17(13(19)10-16)11-5-4-6-12(9-11)18(21)22/h4-6,9H,7-8,10H2,1-3H3. The van der Waals surface area contributed by atoms with Crippen LogP contribution < -0.4 is 4.90 Å². The number of anilines is 1. The smallest absolute Gasteiger partial charge is 0.410 e. The highest BCUT2D eigenvalue weighted by Crippen LogP contribution is 2.23. The number of non-ortho nitro benzene ring substituents is 1. The van der Waals surface area contributed by atoms with Gasteiger partial charge in [-0.25, -0.2) is 4.79 Å². The molecule has 0 bridgehead atoms. The molecule has 124 valence electrons. The maximum absolute atomic E-state index is 12.3. The zero-order chi connectivity index (χ0) is 17.2. The van der Waals surface area contributed by atoms with Gasteiger partial charge in [0.05, 0.1) is 10.6 Å². The van der Waals surface area contributed by atoms with E-state index in [0.29, 0.717) is 12.2 Å².